The molecule has 3 aromatic rings. The molecule has 0 aliphatic rings. The van der Waals surface area contributed by atoms with Crippen LogP contribution >= 0.6 is 7.26 Å². The Morgan fingerprint density at radius 2 is 1.07 bits per heavy atom. The Morgan fingerprint density at radius 1 is 0.679 bits per heavy atom. The molecular formula is C23H27O3PS. The third kappa shape index (κ3) is 5.08. The first-order valence-electron chi connectivity index (χ1n) is 9.53. The van der Waals surface area contributed by atoms with Gasteiger partial charge in [0, 0.05) is 0 Å². The van der Waals surface area contributed by atoms with Crippen LogP contribution in [0.15, 0.2) is 91.0 Å². The van der Waals surface area contributed by atoms with E-state index in [9.17, 15) is 8.42 Å². The molecule has 0 heterocycles. The zero-order valence-electron chi connectivity index (χ0n) is 16.1. The number of hydrogen-bond acceptors (Lipinski definition) is 3. The van der Waals surface area contributed by atoms with E-state index in [1.54, 1.807) is 0 Å². The fraction of sp³-hybridized carbons (Fsp3) is 0.217. The second kappa shape index (κ2) is 9.47. The molecule has 0 saturated carbocycles. The molecular weight excluding hydrogens is 387 g/mol. The Bertz CT molecular complexity index is 862. The van der Waals surface area contributed by atoms with E-state index >= 15 is 0 Å². The van der Waals surface area contributed by atoms with Gasteiger partial charge in [0.1, 0.15) is 0 Å². The topological polar surface area (TPSA) is 43.4 Å². The molecule has 0 radical (unpaired) electrons. The van der Waals surface area contributed by atoms with Gasteiger partial charge in [-0.05, 0) is 0 Å². The zero-order valence-corrected chi connectivity index (χ0v) is 17.9. The van der Waals surface area contributed by atoms with Crippen LogP contribution in [0.4, 0.5) is 0 Å². The summed E-state index contributed by atoms with van der Waals surface area (Å²) in [6.07, 6.45) is 3.72. The Kier molecular flexibility index (Phi) is 7.01. The van der Waals surface area contributed by atoms with Crippen LogP contribution in [-0.4, -0.2) is 27.4 Å². The fourth-order valence-corrected chi connectivity index (χ4v) is 9.15. The summed E-state index contributed by atoms with van der Waals surface area (Å²) >= 11 is 0. The normalized spacial score (nSPS) is 12.6. The zero-order chi connectivity index (χ0) is 19.9. The molecule has 0 aliphatic carbocycles. The van der Waals surface area contributed by atoms with Crippen molar-refractivity contribution < 1.29 is 12.6 Å². The number of unbranched alkanes of at least 4 members (excludes halogenated alkanes) is 1. The first kappa shape index (κ1) is 20.7. The van der Waals surface area contributed by atoms with Crippen molar-refractivity contribution in [3.63, 3.8) is 0 Å². The van der Waals surface area contributed by atoms with E-state index in [0.29, 0.717) is 6.42 Å². The van der Waals surface area contributed by atoms with Gasteiger partial charge < -0.3 is 0 Å². The summed E-state index contributed by atoms with van der Waals surface area (Å²) in [6, 6.07) is 32.2. The summed E-state index contributed by atoms with van der Waals surface area (Å²) in [5.41, 5.74) is 0. The summed E-state index contributed by atoms with van der Waals surface area (Å²) in [6.45, 7) is 0.238. The second-order valence-electron chi connectivity index (χ2n) is 6.99. The standard InChI is InChI=1S/C23H27O3PS/c1-28(24,25)26-19-11-12-20-27(21-13-5-2-6-14-21,22-15-7-3-8-16-22)23-17-9-4-10-18-23/h2-10,13-18,27H,11-12,19-20H2,1H3. The predicted molar refractivity (Wildman–Crippen MR) is 121 cm³/mol. The average Bonchev–Trinajstić information content (AvgIpc) is 2.72. The Balaban J connectivity index is 1.99. The first-order valence-corrected chi connectivity index (χ1v) is 13.6. The van der Waals surface area contributed by atoms with Gasteiger partial charge >= 0.3 is 169 Å². The van der Waals surface area contributed by atoms with Crippen molar-refractivity contribution >= 4 is 33.3 Å². The van der Waals surface area contributed by atoms with Gasteiger partial charge in [-0.25, -0.2) is 0 Å². The summed E-state index contributed by atoms with van der Waals surface area (Å²) in [5, 5.41) is 4.12. The number of hydrogen-bond donors (Lipinski definition) is 0. The van der Waals surface area contributed by atoms with Crippen LogP contribution in [-0.2, 0) is 14.3 Å². The van der Waals surface area contributed by atoms with Crippen molar-refractivity contribution in [3.8, 4) is 0 Å². The number of benzene rings is 3. The molecule has 0 amide bonds. The summed E-state index contributed by atoms with van der Waals surface area (Å²) < 4.78 is 27.4. The van der Waals surface area contributed by atoms with Crippen LogP contribution < -0.4 is 15.9 Å². The minimum atomic E-state index is -3.39. The van der Waals surface area contributed by atoms with Gasteiger partial charge in [0.25, 0.3) is 0 Å². The molecule has 148 valence electrons. The Hall–Kier alpha value is -2.00. The molecule has 0 atom stereocenters. The molecule has 0 unspecified atom stereocenters. The van der Waals surface area contributed by atoms with E-state index in [2.05, 4.69) is 91.0 Å². The van der Waals surface area contributed by atoms with Crippen molar-refractivity contribution in [1.29, 1.82) is 0 Å². The van der Waals surface area contributed by atoms with Gasteiger partial charge in [0.05, 0.1) is 0 Å². The Morgan fingerprint density at radius 3 is 1.43 bits per heavy atom. The molecule has 0 N–H and O–H groups in total. The molecule has 5 heteroatoms. The third-order valence-corrected chi connectivity index (χ3v) is 10.7. The Labute approximate surface area is 168 Å². The maximum atomic E-state index is 11.2. The molecule has 0 spiro atoms. The second-order valence-corrected chi connectivity index (χ2v) is 12.7. The summed E-state index contributed by atoms with van der Waals surface area (Å²) in [4.78, 5) is 0. The van der Waals surface area contributed by atoms with Gasteiger partial charge in [-0.2, -0.15) is 0 Å². The summed E-state index contributed by atoms with van der Waals surface area (Å²) in [7, 11) is -5.61. The molecule has 28 heavy (non-hydrogen) atoms. The van der Waals surface area contributed by atoms with E-state index < -0.39 is 17.4 Å². The summed E-state index contributed by atoms with van der Waals surface area (Å²) in [5.74, 6) is 0. The van der Waals surface area contributed by atoms with Gasteiger partial charge in [-0.1, -0.05) is 0 Å². The van der Waals surface area contributed by atoms with Gasteiger partial charge in [0.2, 0.25) is 0 Å². The SMILES string of the molecule is CS(=O)(=O)OCCCC[PH](c1ccccc1)(c1ccccc1)c1ccccc1. The third-order valence-electron chi connectivity index (χ3n) is 5.04. The van der Waals surface area contributed by atoms with E-state index in [1.165, 1.54) is 15.9 Å². The minimum absolute atomic E-state index is 0.238. The van der Waals surface area contributed by atoms with Gasteiger partial charge in [0.15, 0.2) is 0 Å². The van der Waals surface area contributed by atoms with Crippen LogP contribution in [0.3, 0.4) is 0 Å². The molecule has 0 bridgehead atoms. The molecule has 3 aromatic carbocycles. The molecule has 3 nitrogen and oxygen atoms in total. The van der Waals surface area contributed by atoms with Crippen molar-refractivity contribution in [1.82, 2.24) is 0 Å². The quantitative estimate of drug-likeness (QED) is 0.306. The van der Waals surface area contributed by atoms with Crippen molar-refractivity contribution in [2.45, 2.75) is 12.8 Å². The molecule has 0 aliphatic heterocycles. The van der Waals surface area contributed by atoms with E-state index in [0.717, 1.165) is 18.8 Å². The van der Waals surface area contributed by atoms with E-state index in [-0.39, 0.29) is 6.61 Å². The molecule has 0 saturated heterocycles. The van der Waals surface area contributed by atoms with E-state index in [1.807, 2.05) is 0 Å². The van der Waals surface area contributed by atoms with Crippen LogP contribution in [0.5, 0.6) is 0 Å². The monoisotopic (exact) mass is 414 g/mol. The first-order chi connectivity index (χ1) is 13.5. The number of rotatable bonds is 9. The molecule has 0 fully saturated rings. The van der Waals surface area contributed by atoms with E-state index in [4.69, 9.17) is 4.18 Å². The van der Waals surface area contributed by atoms with Gasteiger partial charge in [-0.3, -0.25) is 0 Å². The predicted octanol–water partition coefficient (Wildman–Crippen LogP) is 3.47. The van der Waals surface area contributed by atoms with Crippen LogP contribution in [0.25, 0.3) is 0 Å². The van der Waals surface area contributed by atoms with Crippen molar-refractivity contribution in [2.75, 3.05) is 19.0 Å². The average molecular weight is 415 g/mol. The van der Waals surface area contributed by atoms with Crippen LogP contribution in [0, 0.1) is 0 Å². The maximum absolute atomic E-state index is 11.2. The van der Waals surface area contributed by atoms with Crippen molar-refractivity contribution in [2.24, 2.45) is 0 Å². The molecule has 3 rings (SSSR count). The van der Waals surface area contributed by atoms with Crippen LogP contribution in [0.1, 0.15) is 12.8 Å². The molecule has 0 aromatic heterocycles. The fourth-order valence-electron chi connectivity index (χ4n) is 3.80. The van der Waals surface area contributed by atoms with Crippen molar-refractivity contribution in [3.05, 3.63) is 91.0 Å². The van der Waals surface area contributed by atoms with Crippen LogP contribution in [0.2, 0.25) is 0 Å². The van der Waals surface area contributed by atoms with Gasteiger partial charge in [-0.15, -0.1) is 0 Å².